The first-order chi connectivity index (χ1) is 9.20. The lowest BCUT2D eigenvalue weighted by Crippen LogP contribution is -2.34. The number of hydrogen-bond acceptors (Lipinski definition) is 4. The van der Waals surface area contributed by atoms with Crippen LogP contribution in [0.4, 0.5) is 0 Å². The quantitative estimate of drug-likeness (QED) is 0.829. The lowest BCUT2D eigenvalue weighted by molar-refractivity contribution is 0.358. The molecule has 1 aromatic carbocycles. The molecule has 1 aromatic rings. The molecule has 5 nitrogen and oxygen atoms in total. The van der Waals surface area contributed by atoms with E-state index < -0.39 is 10.0 Å². The molecule has 7 heteroatoms. The first kappa shape index (κ1) is 17.6. The molecule has 0 bridgehead atoms. The van der Waals surface area contributed by atoms with Gasteiger partial charge in [0.2, 0.25) is 10.0 Å². The zero-order valence-electron chi connectivity index (χ0n) is 12.4. The second-order valence-electron chi connectivity index (χ2n) is 5.03. The van der Waals surface area contributed by atoms with Crippen molar-refractivity contribution in [2.24, 2.45) is 5.73 Å². The summed E-state index contributed by atoms with van der Waals surface area (Å²) in [6.45, 7) is 3.21. The molecule has 1 rings (SSSR count). The molecule has 0 atom stereocenters. The number of hydrogen-bond donors (Lipinski definition) is 1. The summed E-state index contributed by atoms with van der Waals surface area (Å²) in [4.78, 5) is 2.26. The number of nitrogens with two attached hydrogens (primary N) is 1. The van der Waals surface area contributed by atoms with Gasteiger partial charge in [0.05, 0.1) is 4.90 Å². The van der Waals surface area contributed by atoms with Gasteiger partial charge in [0, 0.05) is 31.2 Å². The number of rotatable bonds is 6. The van der Waals surface area contributed by atoms with Gasteiger partial charge in [-0.15, -0.1) is 0 Å². The Hall–Kier alpha value is -0.470. The lowest BCUT2D eigenvalue weighted by atomic mass is 10.1. The summed E-state index contributed by atoms with van der Waals surface area (Å²) in [5, 5.41) is 0. The van der Waals surface area contributed by atoms with Crippen molar-refractivity contribution in [1.29, 1.82) is 0 Å². The maximum absolute atomic E-state index is 12.6. The molecule has 0 amide bonds. The topological polar surface area (TPSA) is 66.6 Å². The number of halogens is 1. The van der Waals surface area contributed by atoms with E-state index in [0.717, 1.165) is 10.0 Å². The monoisotopic (exact) mass is 363 g/mol. The molecule has 20 heavy (non-hydrogen) atoms. The van der Waals surface area contributed by atoms with Crippen molar-refractivity contribution in [1.82, 2.24) is 9.21 Å². The van der Waals surface area contributed by atoms with Crippen molar-refractivity contribution < 1.29 is 8.42 Å². The minimum absolute atomic E-state index is 0.308. The molecule has 0 aromatic heterocycles. The summed E-state index contributed by atoms with van der Waals surface area (Å²) in [5.74, 6) is 0. The highest BCUT2D eigenvalue weighted by Crippen LogP contribution is 2.27. The largest absolute Gasteiger partial charge is 0.326 e. The third-order valence-electron chi connectivity index (χ3n) is 3.14. The van der Waals surface area contributed by atoms with Crippen LogP contribution in [0.5, 0.6) is 0 Å². The molecule has 0 radical (unpaired) electrons. The summed E-state index contributed by atoms with van der Waals surface area (Å²) in [7, 11) is 1.93. The van der Waals surface area contributed by atoms with Crippen molar-refractivity contribution in [3.05, 3.63) is 27.7 Å². The van der Waals surface area contributed by atoms with Crippen LogP contribution in [0.2, 0.25) is 0 Å². The van der Waals surface area contributed by atoms with Crippen molar-refractivity contribution >= 4 is 26.0 Å². The summed E-state index contributed by atoms with van der Waals surface area (Å²) in [6.07, 6.45) is 0. The minimum atomic E-state index is -3.50. The zero-order valence-corrected chi connectivity index (χ0v) is 14.8. The fourth-order valence-electron chi connectivity index (χ4n) is 1.72. The molecule has 0 aliphatic carbocycles. The van der Waals surface area contributed by atoms with Gasteiger partial charge < -0.3 is 10.6 Å². The Morgan fingerprint density at radius 1 is 1.20 bits per heavy atom. The number of likely N-dealkylation sites (N-methyl/N-ethyl adjacent to an activating group) is 2. The molecule has 0 unspecified atom stereocenters. The molecular formula is C13H22BrN3O2S. The highest BCUT2D eigenvalue weighted by atomic mass is 79.9. The molecule has 2 N–H and O–H groups in total. The van der Waals surface area contributed by atoms with Crippen molar-refractivity contribution in [2.75, 3.05) is 34.2 Å². The van der Waals surface area contributed by atoms with Gasteiger partial charge in [-0.25, -0.2) is 8.42 Å². The maximum atomic E-state index is 12.6. The average molecular weight is 364 g/mol. The predicted molar refractivity (Wildman–Crippen MR) is 85.1 cm³/mol. The van der Waals surface area contributed by atoms with Gasteiger partial charge in [-0.05, 0) is 44.3 Å². The van der Waals surface area contributed by atoms with Gasteiger partial charge in [0.1, 0.15) is 0 Å². The zero-order chi connectivity index (χ0) is 15.5. The summed E-state index contributed by atoms with van der Waals surface area (Å²) < 4.78 is 27.4. The van der Waals surface area contributed by atoms with E-state index in [1.165, 1.54) is 4.31 Å². The third-order valence-corrected chi connectivity index (χ3v) is 5.95. The van der Waals surface area contributed by atoms with E-state index in [4.69, 9.17) is 5.73 Å². The Labute approximate surface area is 129 Å². The van der Waals surface area contributed by atoms with Crippen molar-refractivity contribution in [3.63, 3.8) is 0 Å². The van der Waals surface area contributed by atoms with E-state index in [2.05, 4.69) is 15.9 Å². The van der Waals surface area contributed by atoms with Crippen LogP contribution in [0.1, 0.15) is 11.1 Å². The van der Waals surface area contributed by atoms with E-state index in [1.807, 2.05) is 25.1 Å². The Morgan fingerprint density at radius 3 is 2.30 bits per heavy atom. The Bertz CT molecular complexity index is 573. The van der Waals surface area contributed by atoms with Gasteiger partial charge in [-0.1, -0.05) is 15.9 Å². The molecule has 0 fully saturated rings. The van der Waals surface area contributed by atoms with Crippen LogP contribution in [0, 0.1) is 6.92 Å². The summed E-state index contributed by atoms with van der Waals surface area (Å²) in [5.41, 5.74) is 7.12. The van der Waals surface area contributed by atoms with E-state index >= 15 is 0 Å². The Kier molecular flexibility index (Phi) is 6.15. The number of benzene rings is 1. The molecular weight excluding hydrogens is 342 g/mol. The SMILES string of the molecule is Cc1c(Br)cc(CN)cc1S(=O)(=O)N(C)CCN(C)C. The van der Waals surface area contributed by atoms with Crippen LogP contribution < -0.4 is 5.73 Å². The molecule has 114 valence electrons. The summed E-state index contributed by atoms with van der Waals surface area (Å²) >= 11 is 3.39. The van der Waals surface area contributed by atoms with Gasteiger partial charge >= 0.3 is 0 Å². The van der Waals surface area contributed by atoms with Gasteiger partial charge in [-0.2, -0.15) is 4.31 Å². The Morgan fingerprint density at radius 2 is 1.80 bits per heavy atom. The van der Waals surface area contributed by atoms with Crippen LogP contribution in [-0.2, 0) is 16.6 Å². The first-order valence-corrected chi connectivity index (χ1v) is 8.53. The lowest BCUT2D eigenvalue weighted by Gasteiger charge is -2.21. The highest BCUT2D eigenvalue weighted by Gasteiger charge is 2.24. The average Bonchev–Trinajstić information content (AvgIpc) is 2.38. The van der Waals surface area contributed by atoms with Crippen LogP contribution in [0.25, 0.3) is 0 Å². The Balaban J connectivity index is 3.18. The second-order valence-corrected chi connectivity index (χ2v) is 7.90. The fourth-order valence-corrected chi connectivity index (χ4v) is 3.82. The van der Waals surface area contributed by atoms with Crippen LogP contribution in [0.3, 0.4) is 0 Å². The van der Waals surface area contributed by atoms with Crippen molar-refractivity contribution in [3.8, 4) is 0 Å². The molecule has 0 heterocycles. The molecule has 0 aliphatic heterocycles. The van der Waals surface area contributed by atoms with Gasteiger partial charge in [0.15, 0.2) is 0 Å². The maximum Gasteiger partial charge on any atom is 0.243 e. The number of nitrogens with zero attached hydrogens (tertiary/aromatic N) is 2. The van der Waals surface area contributed by atoms with Gasteiger partial charge in [-0.3, -0.25) is 0 Å². The van der Waals surface area contributed by atoms with E-state index in [-0.39, 0.29) is 0 Å². The fraction of sp³-hybridized carbons (Fsp3) is 0.538. The van der Waals surface area contributed by atoms with E-state index in [9.17, 15) is 8.42 Å². The number of sulfonamides is 1. The molecule has 0 aliphatic rings. The molecule has 0 saturated carbocycles. The molecule has 0 spiro atoms. The van der Waals surface area contributed by atoms with E-state index in [1.54, 1.807) is 20.0 Å². The summed E-state index contributed by atoms with van der Waals surface area (Å²) in [6, 6.07) is 3.51. The molecule has 0 saturated heterocycles. The third kappa shape index (κ3) is 4.02. The minimum Gasteiger partial charge on any atom is -0.326 e. The van der Waals surface area contributed by atoms with Gasteiger partial charge in [0.25, 0.3) is 0 Å². The van der Waals surface area contributed by atoms with Crippen molar-refractivity contribution in [2.45, 2.75) is 18.4 Å². The highest BCUT2D eigenvalue weighted by molar-refractivity contribution is 9.10. The smallest absolute Gasteiger partial charge is 0.243 e. The normalized spacial score (nSPS) is 12.4. The predicted octanol–water partition coefficient (Wildman–Crippen LogP) is 1.40. The van der Waals surface area contributed by atoms with E-state index in [0.29, 0.717) is 30.1 Å². The second kappa shape index (κ2) is 7.00. The standard InChI is InChI=1S/C13H22BrN3O2S/c1-10-12(14)7-11(9-15)8-13(10)20(18,19)17(4)6-5-16(2)3/h7-8H,5-6,9,15H2,1-4H3. The first-order valence-electron chi connectivity index (χ1n) is 6.30. The van der Waals surface area contributed by atoms with Crippen LogP contribution in [0.15, 0.2) is 21.5 Å². The van der Waals surface area contributed by atoms with Crippen LogP contribution >= 0.6 is 15.9 Å². The van der Waals surface area contributed by atoms with Crippen LogP contribution in [-0.4, -0.2) is 51.9 Å².